The minimum atomic E-state index is 1.13. The molecule has 0 aromatic carbocycles. The van der Waals surface area contributed by atoms with Crippen LogP contribution in [0.15, 0.2) is 24.4 Å². The summed E-state index contributed by atoms with van der Waals surface area (Å²) in [5.41, 5.74) is 1.44. The van der Waals surface area contributed by atoms with Crippen molar-refractivity contribution in [2.75, 3.05) is 0 Å². The maximum absolute atomic E-state index is 6.25. The summed E-state index contributed by atoms with van der Waals surface area (Å²) in [7, 11) is 0. The molecule has 2 heteroatoms. The lowest BCUT2D eigenvalue weighted by atomic mass is 10.2. The number of hydrogen-bond donors (Lipinski definition) is 0. The van der Waals surface area contributed by atoms with E-state index in [1.807, 2.05) is 0 Å². The van der Waals surface area contributed by atoms with Gasteiger partial charge in [0.25, 0.3) is 0 Å². The molecular formula is C12H18N2. The van der Waals surface area contributed by atoms with Crippen molar-refractivity contribution >= 4 is 0 Å². The van der Waals surface area contributed by atoms with Crippen molar-refractivity contribution in [2.45, 2.75) is 39.7 Å². The van der Waals surface area contributed by atoms with Crippen molar-refractivity contribution in [3.8, 4) is 0 Å². The predicted molar refractivity (Wildman–Crippen MR) is 55.9 cm³/mol. The monoisotopic (exact) mass is 190 g/mol. The Labute approximate surface area is 86.8 Å². The second kappa shape index (κ2) is 8.25. The molecule has 0 bridgehead atoms. The molecule has 1 rings (SSSR count). The molecule has 0 aliphatic carbocycles. The average Bonchev–Trinajstić information content (AvgIpc) is 2.29. The Kier molecular flexibility index (Phi) is 7.45. The van der Waals surface area contributed by atoms with Gasteiger partial charge >= 0.3 is 0 Å². The van der Waals surface area contributed by atoms with Crippen molar-refractivity contribution in [2.24, 2.45) is 0 Å². The second-order valence-corrected chi connectivity index (χ2v) is 3.09. The second-order valence-electron chi connectivity index (χ2n) is 3.09. The molecule has 0 amide bonds. The molecule has 1 aromatic heterocycles. The first-order valence-electron chi connectivity index (χ1n) is 5.08. The molecule has 0 N–H and O–H groups in total. The van der Waals surface area contributed by atoms with Crippen LogP contribution in [0.25, 0.3) is 0 Å². The van der Waals surface area contributed by atoms with Gasteiger partial charge in [-0.3, -0.25) is 0 Å². The number of hydrogen-bond acceptors (Lipinski definition) is 1. The zero-order valence-electron chi connectivity index (χ0n) is 9.03. The highest BCUT2D eigenvalue weighted by molar-refractivity contribution is 4.96. The number of unbranched alkanes of at least 4 members (excludes halogenated alkanes) is 1. The van der Waals surface area contributed by atoms with Gasteiger partial charge in [0.1, 0.15) is 6.54 Å². The highest BCUT2D eigenvalue weighted by Crippen LogP contribution is 1.94. The van der Waals surface area contributed by atoms with Crippen LogP contribution in [0.5, 0.6) is 0 Å². The van der Waals surface area contributed by atoms with Crippen LogP contribution in [0.2, 0.25) is 0 Å². The lowest BCUT2D eigenvalue weighted by Crippen LogP contribution is -2.37. The van der Waals surface area contributed by atoms with Gasteiger partial charge in [-0.15, -0.1) is 0 Å². The van der Waals surface area contributed by atoms with Crippen LogP contribution in [0.4, 0.5) is 0 Å². The summed E-state index contributed by atoms with van der Waals surface area (Å²) in [4.78, 5) is 0. The van der Waals surface area contributed by atoms with Crippen molar-refractivity contribution in [3.05, 3.63) is 36.7 Å². The van der Waals surface area contributed by atoms with E-state index < -0.39 is 0 Å². The third-order valence-corrected chi connectivity index (χ3v) is 2.15. The van der Waals surface area contributed by atoms with Crippen LogP contribution >= 0.6 is 0 Å². The van der Waals surface area contributed by atoms with Crippen LogP contribution in [0.3, 0.4) is 0 Å². The Morgan fingerprint density at radius 2 is 2.00 bits per heavy atom. The summed E-state index contributed by atoms with van der Waals surface area (Å²) < 4.78 is 2.35. The summed E-state index contributed by atoms with van der Waals surface area (Å²) in [5.74, 6) is 0. The van der Waals surface area contributed by atoms with E-state index in [4.69, 9.17) is 11.8 Å². The van der Waals surface area contributed by atoms with E-state index in [1.54, 1.807) is 0 Å². The fourth-order valence-corrected chi connectivity index (χ4v) is 1.38. The minimum Gasteiger partial charge on any atom is -0.512 e. The molecule has 76 valence electrons. The third kappa shape index (κ3) is 4.04. The molecule has 0 spiro atoms. The largest absolute Gasteiger partial charge is 0.512 e. The van der Waals surface area contributed by atoms with Gasteiger partial charge < -0.3 is 11.8 Å². The Balaban J connectivity index is 0.000000791. The van der Waals surface area contributed by atoms with Gasteiger partial charge in [-0.1, -0.05) is 26.3 Å². The number of aromatic nitrogens is 1. The molecule has 0 aliphatic heterocycles. The third-order valence-electron chi connectivity index (χ3n) is 2.15. The molecule has 0 aliphatic rings. The predicted octanol–water partition coefficient (Wildman–Crippen LogP) is 2.43. The maximum atomic E-state index is 6.25. The molecule has 0 radical (unpaired) electrons. The van der Waals surface area contributed by atoms with Crippen LogP contribution in [-0.2, 0) is 13.0 Å². The van der Waals surface area contributed by atoms with Crippen molar-refractivity contribution in [3.63, 3.8) is 0 Å². The smallest absolute Gasteiger partial charge is 0.181 e. The number of rotatable bonds is 4. The minimum absolute atomic E-state index is 1.13. The standard InChI is InChI=1S/C11H18N.CN/c1-3-5-9-12-10-7-6-8-11(12)4-2;1-2/h6-8,10H,3-5,9H2,1-2H3;/q+1;-1. The lowest BCUT2D eigenvalue weighted by molar-refractivity contribution is -0.704. The molecule has 0 fully saturated rings. The average molecular weight is 190 g/mol. The van der Waals surface area contributed by atoms with Crippen LogP contribution in [0, 0.1) is 11.8 Å². The highest BCUT2D eigenvalue weighted by Gasteiger charge is 2.04. The molecule has 0 unspecified atom stereocenters. The van der Waals surface area contributed by atoms with Gasteiger partial charge in [0.05, 0.1) is 0 Å². The molecule has 0 saturated heterocycles. The van der Waals surface area contributed by atoms with E-state index in [9.17, 15) is 0 Å². The number of nitrogens with zero attached hydrogens (tertiary/aromatic N) is 2. The zero-order chi connectivity index (χ0) is 10.8. The van der Waals surface area contributed by atoms with Gasteiger partial charge in [-0.05, 0) is 0 Å². The normalized spacial score (nSPS) is 8.86. The first-order valence-corrected chi connectivity index (χ1v) is 5.08. The van der Waals surface area contributed by atoms with E-state index >= 15 is 0 Å². The Bertz CT molecular complexity index is 266. The summed E-state index contributed by atoms with van der Waals surface area (Å²) >= 11 is 0. The van der Waals surface area contributed by atoms with E-state index in [0.717, 1.165) is 6.42 Å². The first kappa shape index (κ1) is 12.6. The summed E-state index contributed by atoms with van der Waals surface area (Å²) in [6.45, 7) is 10.4. The molecular weight excluding hydrogens is 172 g/mol. The highest BCUT2D eigenvalue weighted by atomic mass is 14.9. The van der Waals surface area contributed by atoms with Crippen LogP contribution in [-0.4, -0.2) is 0 Å². The van der Waals surface area contributed by atoms with Gasteiger partial charge in [0.2, 0.25) is 0 Å². The molecule has 2 nitrogen and oxygen atoms in total. The van der Waals surface area contributed by atoms with Gasteiger partial charge in [0.15, 0.2) is 11.9 Å². The van der Waals surface area contributed by atoms with Crippen molar-refractivity contribution in [1.29, 1.82) is 5.26 Å². The van der Waals surface area contributed by atoms with Crippen LogP contribution in [0.1, 0.15) is 32.4 Å². The van der Waals surface area contributed by atoms with E-state index in [1.165, 1.54) is 25.1 Å². The van der Waals surface area contributed by atoms with Crippen LogP contribution < -0.4 is 4.57 Å². The van der Waals surface area contributed by atoms with E-state index in [-0.39, 0.29) is 0 Å². The molecule has 1 aromatic rings. The molecule has 14 heavy (non-hydrogen) atoms. The maximum Gasteiger partial charge on any atom is 0.181 e. The van der Waals surface area contributed by atoms with E-state index in [0.29, 0.717) is 0 Å². The number of pyridine rings is 1. The van der Waals surface area contributed by atoms with Crippen molar-refractivity contribution in [1.82, 2.24) is 0 Å². The summed E-state index contributed by atoms with van der Waals surface area (Å²) in [5, 5.41) is 6.25. The SMILES string of the molecule is CCCC[n+]1ccccc1CC.[C-]#N. The van der Waals surface area contributed by atoms with Crippen molar-refractivity contribution < 1.29 is 4.57 Å². The first-order chi connectivity index (χ1) is 6.88. The molecule has 0 saturated carbocycles. The Morgan fingerprint density at radius 1 is 1.29 bits per heavy atom. The Hall–Kier alpha value is -1.36. The van der Waals surface area contributed by atoms with Gasteiger partial charge in [0, 0.05) is 25.0 Å². The van der Waals surface area contributed by atoms with Gasteiger partial charge in [-0.2, -0.15) is 0 Å². The topological polar surface area (TPSA) is 27.7 Å². The lowest BCUT2D eigenvalue weighted by Gasteiger charge is -1.99. The summed E-state index contributed by atoms with van der Waals surface area (Å²) in [6, 6.07) is 6.42. The molecule has 1 heterocycles. The molecule has 0 atom stereocenters. The van der Waals surface area contributed by atoms with E-state index in [2.05, 4.69) is 42.8 Å². The fraction of sp³-hybridized carbons (Fsp3) is 0.500. The fourth-order valence-electron chi connectivity index (χ4n) is 1.38. The van der Waals surface area contributed by atoms with Gasteiger partial charge in [-0.25, -0.2) is 4.57 Å². The number of aryl methyl sites for hydroxylation is 2. The zero-order valence-corrected chi connectivity index (χ0v) is 9.03. The summed E-state index contributed by atoms with van der Waals surface area (Å²) in [6.07, 6.45) is 5.85. The Morgan fingerprint density at radius 3 is 2.57 bits per heavy atom. The quantitative estimate of drug-likeness (QED) is 0.529.